The summed E-state index contributed by atoms with van der Waals surface area (Å²) in [5.74, 6) is 0. The quantitative estimate of drug-likeness (QED) is 0.752. The molecule has 0 saturated heterocycles. The minimum atomic E-state index is -0.737. The molecule has 3 heteroatoms. The third-order valence-corrected chi connectivity index (χ3v) is 4.06. The number of nitrogens with one attached hydrogen (secondary N) is 2. The van der Waals surface area contributed by atoms with Crippen LogP contribution in [-0.2, 0) is 6.42 Å². The van der Waals surface area contributed by atoms with Gasteiger partial charge in [0.15, 0.2) is 0 Å². The molecule has 2 aliphatic rings. The molecule has 18 heavy (non-hydrogen) atoms. The second-order valence-corrected chi connectivity index (χ2v) is 5.85. The third kappa shape index (κ3) is 2.44. The molecule has 1 fully saturated rings. The van der Waals surface area contributed by atoms with Crippen LogP contribution in [0.3, 0.4) is 0 Å². The van der Waals surface area contributed by atoms with E-state index in [2.05, 4.69) is 34.9 Å². The first kappa shape index (κ1) is 12.2. The van der Waals surface area contributed by atoms with Crippen LogP contribution in [0.15, 0.2) is 24.3 Å². The summed E-state index contributed by atoms with van der Waals surface area (Å²) in [6, 6.07) is 9.12. The van der Waals surface area contributed by atoms with Gasteiger partial charge in [-0.05, 0) is 43.9 Å². The maximum atomic E-state index is 10.7. The van der Waals surface area contributed by atoms with Gasteiger partial charge in [-0.25, -0.2) is 0 Å². The lowest BCUT2D eigenvalue weighted by molar-refractivity contribution is 0.0164. The molecule has 1 aromatic carbocycles. The summed E-state index contributed by atoms with van der Waals surface area (Å²) < 4.78 is 0. The largest absolute Gasteiger partial charge is 0.387 e. The SMILES string of the molecule is CC(O)(CNC1CC1)C1NCCc2ccccc21. The molecule has 1 aliphatic heterocycles. The van der Waals surface area contributed by atoms with Gasteiger partial charge in [0.2, 0.25) is 0 Å². The van der Waals surface area contributed by atoms with Crippen molar-refractivity contribution < 1.29 is 5.11 Å². The number of benzene rings is 1. The Balaban J connectivity index is 1.78. The van der Waals surface area contributed by atoms with Crippen LogP contribution < -0.4 is 10.6 Å². The van der Waals surface area contributed by atoms with Crippen LogP contribution >= 0.6 is 0 Å². The van der Waals surface area contributed by atoms with Crippen molar-refractivity contribution in [2.24, 2.45) is 0 Å². The van der Waals surface area contributed by atoms with E-state index < -0.39 is 5.60 Å². The van der Waals surface area contributed by atoms with E-state index in [9.17, 15) is 5.11 Å². The van der Waals surface area contributed by atoms with Gasteiger partial charge in [0.1, 0.15) is 0 Å². The third-order valence-electron chi connectivity index (χ3n) is 4.06. The molecule has 1 heterocycles. The lowest BCUT2D eigenvalue weighted by Crippen LogP contribution is -2.51. The highest BCUT2D eigenvalue weighted by molar-refractivity contribution is 5.34. The molecule has 3 rings (SSSR count). The minimum absolute atomic E-state index is 0.0358. The molecule has 98 valence electrons. The van der Waals surface area contributed by atoms with Gasteiger partial charge >= 0.3 is 0 Å². The summed E-state index contributed by atoms with van der Waals surface area (Å²) in [4.78, 5) is 0. The van der Waals surface area contributed by atoms with Crippen LogP contribution in [0.5, 0.6) is 0 Å². The van der Waals surface area contributed by atoms with Crippen molar-refractivity contribution in [2.75, 3.05) is 13.1 Å². The predicted molar refractivity (Wildman–Crippen MR) is 72.5 cm³/mol. The lowest BCUT2D eigenvalue weighted by atomic mass is 9.84. The second kappa shape index (κ2) is 4.65. The highest BCUT2D eigenvalue weighted by Crippen LogP contribution is 2.31. The Hall–Kier alpha value is -0.900. The van der Waals surface area contributed by atoms with Crippen molar-refractivity contribution in [1.82, 2.24) is 10.6 Å². The molecular weight excluding hydrogens is 224 g/mol. The van der Waals surface area contributed by atoms with E-state index in [0.717, 1.165) is 13.0 Å². The molecule has 0 radical (unpaired) electrons. The Morgan fingerprint density at radius 3 is 2.94 bits per heavy atom. The van der Waals surface area contributed by atoms with Crippen molar-refractivity contribution in [1.29, 1.82) is 0 Å². The topological polar surface area (TPSA) is 44.3 Å². The van der Waals surface area contributed by atoms with Crippen LogP contribution in [0.25, 0.3) is 0 Å². The van der Waals surface area contributed by atoms with Gasteiger partial charge in [0, 0.05) is 12.6 Å². The van der Waals surface area contributed by atoms with Crippen LogP contribution in [0.4, 0.5) is 0 Å². The maximum absolute atomic E-state index is 10.7. The summed E-state index contributed by atoms with van der Waals surface area (Å²) >= 11 is 0. The van der Waals surface area contributed by atoms with Gasteiger partial charge in [-0.1, -0.05) is 24.3 Å². The van der Waals surface area contributed by atoms with E-state index in [0.29, 0.717) is 12.6 Å². The fourth-order valence-corrected chi connectivity index (χ4v) is 2.80. The highest BCUT2D eigenvalue weighted by atomic mass is 16.3. The van der Waals surface area contributed by atoms with Crippen LogP contribution in [0.2, 0.25) is 0 Å². The number of fused-ring (bicyclic) bond motifs is 1. The molecule has 0 amide bonds. The Bertz CT molecular complexity index is 426. The monoisotopic (exact) mass is 246 g/mol. The van der Waals surface area contributed by atoms with Crippen molar-refractivity contribution >= 4 is 0 Å². The second-order valence-electron chi connectivity index (χ2n) is 5.85. The van der Waals surface area contributed by atoms with Gasteiger partial charge in [-0.3, -0.25) is 0 Å². The Kier molecular flexibility index (Phi) is 3.14. The summed E-state index contributed by atoms with van der Waals surface area (Å²) in [5.41, 5.74) is 1.89. The Labute approximate surface area is 109 Å². The van der Waals surface area contributed by atoms with Crippen LogP contribution in [-0.4, -0.2) is 29.8 Å². The fourth-order valence-electron chi connectivity index (χ4n) is 2.80. The van der Waals surface area contributed by atoms with Gasteiger partial charge in [0.25, 0.3) is 0 Å². The van der Waals surface area contributed by atoms with E-state index in [1.807, 2.05) is 6.92 Å². The van der Waals surface area contributed by atoms with Crippen LogP contribution in [0.1, 0.15) is 36.9 Å². The average molecular weight is 246 g/mol. The molecule has 3 nitrogen and oxygen atoms in total. The molecule has 2 unspecified atom stereocenters. The normalized spacial score (nSPS) is 26.4. The zero-order valence-corrected chi connectivity index (χ0v) is 10.9. The first-order chi connectivity index (χ1) is 8.67. The Morgan fingerprint density at radius 2 is 2.17 bits per heavy atom. The van der Waals surface area contributed by atoms with E-state index in [4.69, 9.17) is 0 Å². The molecule has 0 bridgehead atoms. The smallest absolute Gasteiger partial charge is 0.0937 e. The first-order valence-electron chi connectivity index (χ1n) is 6.94. The molecule has 1 aliphatic carbocycles. The maximum Gasteiger partial charge on any atom is 0.0937 e. The van der Waals surface area contributed by atoms with Gasteiger partial charge < -0.3 is 15.7 Å². The van der Waals surface area contributed by atoms with E-state index in [1.165, 1.54) is 24.0 Å². The number of rotatable bonds is 4. The molecular formula is C15H22N2O. The number of hydrogen-bond donors (Lipinski definition) is 3. The summed E-state index contributed by atoms with van der Waals surface area (Å²) in [6.07, 6.45) is 3.56. The van der Waals surface area contributed by atoms with Crippen molar-refractivity contribution in [2.45, 2.75) is 43.9 Å². The predicted octanol–water partition coefficient (Wildman–Crippen LogP) is 1.38. The first-order valence-corrected chi connectivity index (χ1v) is 6.94. The zero-order valence-electron chi connectivity index (χ0n) is 10.9. The van der Waals surface area contributed by atoms with Crippen LogP contribution in [0, 0.1) is 0 Å². The van der Waals surface area contributed by atoms with Crippen molar-refractivity contribution in [3.63, 3.8) is 0 Å². The van der Waals surface area contributed by atoms with Crippen molar-refractivity contribution in [3.05, 3.63) is 35.4 Å². The molecule has 3 N–H and O–H groups in total. The molecule has 1 saturated carbocycles. The number of aliphatic hydroxyl groups is 1. The van der Waals surface area contributed by atoms with Gasteiger partial charge in [-0.15, -0.1) is 0 Å². The lowest BCUT2D eigenvalue weighted by Gasteiger charge is -2.38. The minimum Gasteiger partial charge on any atom is -0.387 e. The Morgan fingerprint density at radius 1 is 1.39 bits per heavy atom. The van der Waals surface area contributed by atoms with E-state index in [-0.39, 0.29) is 6.04 Å². The average Bonchev–Trinajstić information content (AvgIpc) is 3.20. The van der Waals surface area contributed by atoms with Crippen molar-refractivity contribution in [3.8, 4) is 0 Å². The summed E-state index contributed by atoms with van der Waals surface area (Å²) in [6.45, 7) is 3.53. The van der Waals surface area contributed by atoms with E-state index >= 15 is 0 Å². The molecule has 0 aromatic heterocycles. The standard InChI is InChI=1S/C15H22N2O/c1-15(18,10-17-12-6-7-12)14-13-5-3-2-4-11(13)8-9-16-14/h2-5,12,14,16-18H,6-10H2,1H3. The van der Waals surface area contributed by atoms with E-state index in [1.54, 1.807) is 0 Å². The number of hydrogen-bond acceptors (Lipinski definition) is 3. The van der Waals surface area contributed by atoms with Gasteiger partial charge in [-0.2, -0.15) is 0 Å². The summed E-state index contributed by atoms with van der Waals surface area (Å²) in [7, 11) is 0. The molecule has 0 spiro atoms. The summed E-state index contributed by atoms with van der Waals surface area (Å²) in [5, 5.41) is 17.6. The zero-order chi connectivity index (χ0) is 12.6. The highest BCUT2D eigenvalue weighted by Gasteiger charge is 2.36. The molecule has 1 aromatic rings. The van der Waals surface area contributed by atoms with Gasteiger partial charge in [0.05, 0.1) is 11.6 Å². The fraction of sp³-hybridized carbons (Fsp3) is 0.600. The molecule has 2 atom stereocenters.